The fraction of sp³-hybridized carbons (Fsp3) is 0.619. The maximum absolute atomic E-state index is 12.6. The minimum atomic E-state index is -0.100. The van der Waals surface area contributed by atoms with Crippen molar-refractivity contribution in [2.75, 3.05) is 18.8 Å². The summed E-state index contributed by atoms with van der Waals surface area (Å²) in [5.74, 6) is 1.47. The number of hydrogen-bond donors (Lipinski definition) is 0. The Kier molecular flexibility index (Phi) is 6.08. The number of carbonyl (C=O) groups is 1. The van der Waals surface area contributed by atoms with E-state index >= 15 is 0 Å². The Balaban J connectivity index is 1.39. The lowest BCUT2D eigenvalue weighted by atomic mass is 10.1. The zero-order valence-corrected chi connectivity index (χ0v) is 18.0. The quantitative estimate of drug-likeness (QED) is 0.751. The van der Waals surface area contributed by atoms with E-state index in [1.54, 1.807) is 21.5 Å². The maximum atomic E-state index is 12.6. The second kappa shape index (κ2) is 8.73. The van der Waals surface area contributed by atoms with E-state index in [1.807, 2.05) is 36.6 Å². The van der Waals surface area contributed by atoms with E-state index in [1.165, 1.54) is 25.7 Å². The van der Waals surface area contributed by atoms with Crippen molar-refractivity contribution in [1.29, 1.82) is 0 Å². The minimum Gasteiger partial charge on any atom is -0.342 e. The fourth-order valence-corrected chi connectivity index (χ4v) is 5.57. The zero-order valence-electron chi connectivity index (χ0n) is 17.2. The standard InChI is InChI=1S/C21H29N5O2S/c1-15-13-16(2)25(22-15)19-7-8-20(27)26(23-19)17-9-11-24(12-10-17)21(28)14-29-18-5-3-4-6-18/h7-8,13,17-18H,3-6,9-12,14H2,1-2H3. The van der Waals surface area contributed by atoms with Gasteiger partial charge in [-0.1, -0.05) is 12.8 Å². The predicted molar refractivity (Wildman–Crippen MR) is 115 cm³/mol. The number of piperidine rings is 1. The largest absolute Gasteiger partial charge is 0.342 e. The average Bonchev–Trinajstić information content (AvgIpc) is 3.36. The molecule has 2 aromatic heterocycles. The molecule has 4 rings (SSSR count). The highest BCUT2D eigenvalue weighted by molar-refractivity contribution is 8.00. The lowest BCUT2D eigenvalue weighted by Gasteiger charge is -2.32. The van der Waals surface area contributed by atoms with Crippen molar-refractivity contribution in [1.82, 2.24) is 24.5 Å². The van der Waals surface area contributed by atoms with Gasteiger partial charge in [0.25, 0.3) is 5.56 Å². The van der Waals surface area contributed by atoms with E-state index in [0.29, 0.717) is 29.9 Å². The first kappa shape index (κ1) is 20.2. The molecule has 1 saturated heterocycles. The summed E-state index contributed by atoms with van der Waals surface area (Å²) in [6, 6.07) is 5.29. The zero-order chi connectivity index (χ0) is 20.4. The average molecular weight is 416 g/mol. The summed E-state index contributed by atoms with van der Waals surface area (Å²) in [6.07, 6.45) is 6.62. The first-order valence-electron chi connectivity index (χ1n) is 10.5. The molecule has 1 saturated carbocycles. The Hall–Kier alpha value is -2.09. The first-order valence-corrected chi connectivity index (χ1v) is 11.6. The van der Waals surface area contributed by atoms with Crippen molar-refractivity contribution in [2.45, 2.75) is 63.7 Å². The van der Waals surface area contributed by atoms with E-state index in [0.717, 1.165) is 24.2 Å². The molecule has 1 amide bonds. The first-order chi connectivity index (χ1) is 14.0. The van der Waals surface area contributed by atoms with Crippen molar-refractivity contribution >= 4 is 17.7 Å². The highest BCUT2D eigenvalue weighted by Gasteiger charge is 2.26. The van der Waals surface area contributed by atoms with Crippen molar-refractivity contribution < 1.29 is 4.79 Å². The third-order valence-electron chi connectivity index (χ3n) is 5.95. The molecule has 0 atom stereocenters. The topological polar surface area (TPSA) is 73.0 Å². The normalized spacial score (nSPS) is 18.5. The van der Waals surface area contributed by atoms with Crippen molar-refractivity contribution in [2.24, 2.45) is 0 Å². The van der Waals surface area contributed by atoms with Gasteiger partial charge in [0.05, 0.1) is 17.5 Å². The molecule has 2 aliphatic rings. The Morgan fingerprint density at radius 1 is 1.10 bits per heavy atom. The van der Waals surface area contributed by atoms with E-state index in [2.05, 4.69) is 10.2 Å². The van der Waals surface area contributed by atoms with E-state index in [9.17, 15) is 9.59 Å². The number of carbonyl (C=O) groups excluding carboxylic acids is 1. The molecule has 1 aliphatic carbocycles. The summed E-state index contributed by atoms with van der Waals surface area (Å²) < 4.78 is 3.35. The maximum Gasteiger partial charge on any atom is 0.267 e. The molecular weight excluding hydrogens is 386 g/mol. The molecule has 1 aliphatic heterocycles. The van der Waals surface area contributed by atoms with Crippen LogP contribution in [0.4, 0.5) is 0 Å². The molecule has 0 spiro atoms. The Morgan fingerprint density at radius 2 is 1.83 bits per heavy atom. The van der Waals surface area contributed by atoms with Crippen LogP contribution in [-0.4, -0.2) is 54.5 Å². The van der Waals surface area contributed by atoms with Gasteiger partial charge < -0.3 is 4.90 Å². The van der Waals surface area contributed by atoms with Gasteiger partial charge in [0, 0.05) is 30.1 Å². The van der Waals surface area contributed by atoms with Crippen LogP contribution < -0.4 is 5.56 Å². The van der Waals surface area contributed by atoms with Crippen molar-refractivity contribution in [3.8, 4) is 5.82 Å². The molecule has 29 heavy (non-hydrogen) atoms. The summed E-state index contributed by atoms with van der Waals surface area (Å²) in [5.41, 5.74) is 1.81. The minimum absolute atomic E-state index is 0.0194. The van der Waals surface area contributed by atoms with Gasteiger partial charge >= 0.3 is 0 Å². The Bertz CT molecular complexity index is 923. The molecule has 0 radical (unpaired) electrons. The van der Waals surface area contributed by atoms with Crippen LogP contribution in [-0.2, 0) is 4.79 Å². The van der Waals surface area contributed by atoms with Gasteiger partial charge in [0.2, 0.25) is 5.91 Å². The van der Waals surface area contributed by atoms with Crippen LogP contribution in [0.5, 0.6) is 0 Å². The highest BCUT2D eigenvalue weighted by atomic mass is 32.2. The second-order valence-electron chi connectivity index (χ2n) is 8.14. The number of nitrogens with zero attached hydrogens (tertiary/aromatic N) is 5. The summed E-state index contributed by atoms with van der Waals surface area (Å²) >= 11 is 1.82. The number of thioether (sulfide) groups is 1. The van der Waals surface area contributed by atoms with Crippen LogP contribution in [0.2, 0.25) is 0 Å². The molecule has 7 nitrogen and oxygen atoms in total. The number of hydrogen-bond acceptors (Lipinski definition) is 5. The number of rotatable bonds is 5. The van der Waals surface area contributed by atoms with E-state index in [-0.39, 0.29) is 17.5 Å². The van der Waals surface area contributed by atoms with E-state index in [4.69, 9.17) is 0 Å². The van der Waals surface area contributed by atoms with Gasteiger partial charge in [-0.15, -0.1) is 16.9 Å². The second-order valence-corrected chi connectivity index (χ2v) is 9.43. The summed E-state index contributed by atoms with van der Waals surface area (Å²) in [4.78, 5) is 26.9. The van der Waals surface area contributed by atoms with Crippen LogP contribution >= 0.6 is 11.8 Å². The van der Waals surface area contributed by atoms with Gasteiger partial charge in [-0.25, -0.2) is 9.36 Å². The summed E-state index contributed by atoms with van der Waals surface area (Å²) in [7, 11) is 0. The third kappa shape index (κ3) is 4.57. The summed E-state index contributed by atoms with van der Waals surface area (Å²) in [6.45, 7) is 5.29. The molecule has 3 heterocycles. The molecular formula is C21H29N5O2S. The van der Waals surface area contributed by atoms with Crippen LogP contribution in [0.3, 0.4) is 0 Å². The third-order valence-corrected chi connectivity index (χ3v) is 7.30. The van der Waals surface area contributed by atoms with Crippen molar-refractivity contribution in [3.05, 3.63) is 39.9 Å². The molecule has 156 valence electrons. The molecule has 8 heteroatoms. The predicted octanol–water partition coefficient (Wildman–Crippen LogP) is 2.89. The lowest BCUT2D eigenvalue weighted by molar-refractivity contribution is -0.129. The number of aryl methyl sites for hydroxylation is 2. The molecule has 0 unspecified atom stereocenters. The summed E-state index contributed by atoms with van der Waals surface area (Å²) in [5, 5.41) is 9.73. The molecule has 0 bridgehead atoms. The van der Waals surface area contributed by atoms with Gasteiger partial charge in [0.15, 0.2) is 5.82 Å². The Labute approximate surface area is 175 Å². The number of likely N-dealkylation sites (tertiary alicyclic amines) is 1. The SMILES string of the molecule is Cc1cc(C)n(-c2ccc(=O)n(C3CCN(C(=O)CSC4CCCC4)CC3)n2)n1. The van der Waals surface area contributed by atoms with E-state index < -0.39 is 0 Å². The monoisotopic (exact) mass is 415 g/mol. The van der Waals surface area contributed by atoms with Crippen LogP contribution in [0, 0.1) is 13.8 Å². The Morgan fingerprint density at radius 3 is 2.48 bits per heavy atom. The van der Waals surface area contributed by atoms with Gasteiger partial charge in [-0.2, -0.15) is 5.10 Å². The molecule has 0 aromatic carbocycles. The smallest absolute Gasteiger partial charge is 0.267 e. The molecule has 2 fully saturated rings. The number of aromatic nitrogens is 4. The van der Waals surface area contributed by atoms with Gasteiger partial charge in [0.1, 0.15) is 0 Å². The molecule has 0 N–H and O–H groups in total. The van der Waals surface area contributed by atoms with Crippen LogP contribution in [0.25, 0.3) is 5.82 Å². The highest BCUT2D eigenvalue weighted by Crippen LogP contribution is 2.30. The van der Waals surface area contributed by atoms with Crippen LogP contribution in [0.1, 0.15) is 56.0 Å². The van der Waals surface area contributed by atoms with Crippen molar-refractivity contribution in [3.63, 3.8) is 0 Å². The fourth-order valence-electron chi connectivity index (χ4n) is 4.35. The lowest BCUT2D eigenvalue weighted by Crippen LogP contribution is -2.42. The molecule has 2 aromatic rings. The van der Waals surface area contributed by atoms with Gasteiger partial charge in [-0.05, 0) is 51.7 Å². The number of amides is 1. The van der Waals surface area contributed by atoms with Gasteiger partial charge in [-0.3, -0.25) is 9.59 Å². The van der Waals surface area contributed by atoms with Crippen LogP contribution in [0.15, 0.2) is 23.0 Å².